The van der Waals surface area contributed by atoms with Gasteiger partial charge in [-0.3, -0.25) is 10.1 Å². The topological polar surface area (TPSA) is 64.6 Å². The Bertz CT molecular complexity index is 455. The zero-order valence-corrected chi connectivity index (χ0v) is 12.1. The first-order valence-electron chi connectivity index (χ1n) is 6.86. The first-order valence-corrected chi connectivity index (χ1v) is 6.86. The Balaban J connectivity index is 2.68. The number of esters is 1. The lowest BCUT2D eigenvalue weighted by Crippen LogP contribution is -2.19. The number of carbonyl (C=O) groups is 2. The number of amides is 1. The summed E-state index contributed by atoms with van der Waals surface area (Å²) < 4.78 is 10.1. The number of rotatable bonds is 6. The van der Waals surface area contributed by atoms with Gasteiger partial charge in [-0.25, -0.2) is 4.79 Å². The van der Waals surface area contributed by atoms with Gasteiger partial charge < -0.3 is 9.47 Å². The molecule has 1 N–H and O–H groups in total. The molecule has 0 aliphatic heterocycles. The Hall–Kier alpha value is -2.04. The number of hydrogen-bond donors (Lipinski definition) is 1. The summed E-state index contributed by atoms with van der Waals surface area (Å²) in [5, 5.41) is 2.56. The maximum Gasteiger partial charge on any atom is 0.411 e. The highest BCUT2D eigenvalue weighted by molar-refractivity contribution is 5.85. The molecule has 0 unspecified atom stereocenters. The number of carbonyl (C=O) groups excluding carboxylic acids is 2. The van der Waals surface area contributed by atoms with E-state index < -0.39 is 6.09 Å². The zero-order valence-electron chi connectivity index (χ0n) is 12.1. The molecular formula is C15H21NO4. The number of nitrogens with one attached hydrogen (secondary N) is 1. The van der Waals surface area contributed by atoms with Crippen molar-refractivity contribution >= 4 is 17.7 Å². The molecule has 1 aromatic carbocycles. The van der Waals surface area contributed by atoms with Gasteiger partial charge in [0.2, 0.25) is 0 Å². The summed E-state index contributed by atoms with van der Waals surface area (Å²) in [7, 11) is 0. The van der Waals surface area contributed by atoms with E-state index in [2.05, 4.69) is 5.32 Å². The molecule has 1 rings (SSSR count). The Morgan fingerprint density at radius 1 is 1.20 bits per heavy atom. The van der Waals surface area contributed by atoms with Gasteiger partial charge in [0.1, 0.15) is 5.75 Å². The predicted octanol–water partition coefficient (Wildman–Crippen LogP) is 3.60. The van der Waals surface area contributed by atoms with Crippen molar-refractivity contribution in [2.24, 2.45) is 5.92 Å². The van der Waals surface area contributed by atoms with Crippen LogP contribution in [-0.4, -0.2) is 18.7 Å². The highest BCUT2D eigenvalue weighted by Crippen LogP contribution is 2.20. The second-order valence-corrected chi connectivity index (χ2v) is 4.31. The van der Waals surface area contributed by atoms with E-state index in [4.69, 9.17) is 9.47 Å². The van der Waals surface area contributed by atoms with Crippen molar-refractivity contribution in [2.45, 2.75) is 33.6 Å². The molecule has 0 aliphatic carbocycles. The minimum Gasteiger partial charge on any atom is -0.450 e. The number of ether oxygens (including phenoxy) is 2. The fourth-order valence-corrected chi connectivity index (χ4v) is 1.74. The maximum absolute atomic E-state index is 11.9. The van der Waals surface area contributed by atoms with Crippen molar-refractivity contribution in [2.75, 3.05) is 11.9 Å². The molecule has 110 valence electrons. The van der Waals surface area contributed by atoms with Crippen molar-refractivity contribution in [1.82, 2.24) is 0 Å². The van der Waals surface area contributed by atoms with Gasteiger partial charge in [-0.1, -0.05) is 19.9 Å². The Morgan fingerprint density at radius 2 is 1.90 bits per heavy atom. The van der Waals surface area contributed by atoms with Crippen LogP contribution in [0.1, 0.15) is 33.6 Å². The van der Waals surface area contributed by atoms with E-state index in [1.54, 1.807) is 31.2 Å². The number of benzene rings is 1. The van der Waals surface area contributed by atoms with E-state index in [0.29, 0.717) is 18.0 Å². The third-order valence-corrected chi connectivity index (χ3v) is 2.89. The Labute approximate surface area is 119 Å². The molecule has 1 amide bonds. The summed E-state index contributed by atoms with van der Waals surface area (Å²) >= 11 is 0. The van der Waals surface area contributed by atoms with Crippen LogP contribution in [0, 0.1) is 5.92 Å². The van der Waals surface area contributed by atoms with Gasteiger partial charge in [0.15, 0.2) is 0 Å². The lowest BCUT2D eigenvalue weighted by Gasteiger charge is -2.12. The molecule has 0 spiro atoms. The van der Waals surface area contributed by atoms with Crippen molar-refractivity contribution in [3.8, 4) is 5.75 Å². The Kier molecular flexibility index (Phi) is 6.56. The molecule has 0 bridgehead atoms. The van der Waals surface area contributed by atoms with Gasteiger partial charge in [-0.2, -0.15) is 0 Å². The average Bonchev–Trinajstić information content (AvgIpc) is 2.40. The third kappa shape index (κ3) is 4.91. The standard InChI is InChI=1S/C15H21NO4/c1-4-11(5-2)14(17)20-13-9-7-8-12(10-13)16-15(18)19-6-3/h7-11H,4-6H2,1-3H3,(H,16,18). The molecule has 0 atom stereocenters. The van der Waals surface area contributed by atoms with Crippen LogP contribution >= 0.6 is 0 Å². The molecular weight excluding hydrogens is 258 g/mol. The quantitative estimate of drug-likeness (QED) is 0.638. The largest absolute Gasteiger partial charge is 0.450 e. The molecule has 0 radical (unpaired) electrons. The van der Waals surface area contributed by atoms with Gasteiger partial charge in [-0.05, 0) is 31.9 Å². The fourth-order valence-electron chi connectivity index (χ4n) is 1.74. The maximum atomic E-state index is 11.9. The lowest BCUT2D eigenvalue weighted by atomic mass is 10.0. The molecule has 0 aliphatic rings. The molecule has 0 saturated carbocycles. The molecule has 0 fully saturated rings. The van der Waals surface area contributed by atoms with E-state index in [9.17, 15) is 9.59 Å². The summed E-state index contributed by atoms with van der Waals surface area (Å²) in [6, 6.07) is 6.68. The van der Waals surface area contributed by atoms with E-state index in [0.717, 1.165) is 12.8 Å². The van der Waals surface area contributed by atoms with Crippen LogP contribution in [0.5, 0.6) is 5.75 Å². The van der Waals surface area contributed by atoms with Crippen LogP contribution in [0.3, 0.4) is 0 Å². The van der Waals surface area contributed by atoms with E-state index >= 15 is 0 Å². The molecule has 0 aromatic heterocycles. The van der Waals surface area contributed by atoms with Gasteiger partial charge in [-0.15, -0.1) is 0 Å². The van der Waals surface area contributed by atoms with Crippen molar-refractivity contribution in [1.29, 1.82) is 0 Å². The summed E-state index contributed by atoms with van der Waals surface area (Å²) in [5.41, 5.74) is 0.526. The third-order valence-electron chi connectivity index (χ3n) is 2.89. The highest BCUT2D eigenvalue weighted by atomic mass is 16.5. The van der Waals surface area contributed by atoms with Crippen molar-refractivity contribution in [3.63, 3.8) is 0 Å². The minimum absolute atomic E-state index is 0.100. The average molecular weight is 279 g/mol. The Morgan fingerprint density at radius 3 is 2.50 bits per heavy atom. The van der Waals surface area contributed by atoms with E-state index in [1.165, 1.54) is 0 Å². The van der Waals surface area contributed by atoms with Crippen LogP contribution in [0.2, 0.25) is 0 Å². The second-order valence-electron chi connectivity index (χ2n) is 4.31. The van der Waals surface area contributed by atoms with Crippen LogP contribution in [0.4, 0.5) is 10.5 Å². The van der Waals surface area contributed by atoms with Crippen LogP contribution in [-0.2, 0) is 9.53 Å². The fraction of sp³-hybridized carbons (Fsp3) is 0.467. The van der Waals surface area contributed by atoms with Crippen molar-refractivity contribution in [3.05, 3.63) is 24.3 Å². The summed E-state index contributed by atoms with van der Waals surface area (Å²) in [4.78, 5) is 23.2. The number of anilines is 1. The smallest absolute Gasteiger partial charge is 0.411 e. The molecule has 5 heteroatoms. The first-order chi connectivity index (χ1) is 9.60. The van der Waals surface area contributed by atoms with Crippen molar-refractivity contribution < 1.29 is 19.1 Å². The predicted molar refractivity (Wildman–Crippen MR) is 76.8 cm³/mol. The van der Waals surface area contributed by atoms with Gasteiger partial charge in [0.05, 0.1) is 12.5 Å². The molecule has 20 heavy (non-hydrogen) atoms. The first kappa shape index (κ1) is 16.0. The second kappa shape index (κ2) is 8.19. The lowest BCUT2D eigenvalue weighted by molar-refractivity contribution is -0.139. The van der Waals surface area contributed by atoms with Crippen LogP contribution in [0.25, 0.3) is 0 Å². The highest BCUT2D eigenvalue weighted by Gasteiger charge is 2.16. The van der Waals surface area contributed by atoms with Gasteiger partial charge in [0, 0.05) is 11.8 Å². The molecule has 0 saturated heterocycles. The molecule has 1 aromatic rings. The van der Waals surface area contributed by atoms with Crippen LogP contribution in [0.15, 0.2) is 24.3 Å². The summed E-state index contributed by atoms with van der Waals surface area (Å²) in [5.74, 6) is 0.0659. The monoisotopic (exact) mass is 279 g/mol. The zero-order chi connectivity index (χ0) is 15.0. The van der Waals surface area contributed by atoms with Gasteiger partial charge >= 0.3 is 12.1 Å². The van der Waals surface area contributed by atoms with E-state index in [-0.39, 0.29) is 11.9 Å². The molecule has 5 nitrogen and oxygen atoms in total. The van der Waals surface area contributed by atoms with Crippen LogP contribution < -0.4 is 10.1 Å². The summed E-state index contributed by atoms with van der Waals surface area (Å²) in [6.45, 7) is 5.94. The number of hydrogen-bond acceptors (Lipinski definition) is 4. The minimum atomic E-state index is -0.532. The molecule has 0 heterocycles. The SMILES string of the molecule is CCOC(=O)Nc1cccc(OC(=O)C(CC)CC)c1. The van der Waals surface area contributed by atoms with E-state index in [1.807, 2.05) is 13.8 Å². The van der Waals surface area contributed by atoms with Gasteiger partial charge in [0.25, 0.3) is 0 Å². The normalized spacial score (nSPS) is 10.2. The summed E-state index contributed by atoms with van der Waals surface area (Å²) in [6.07, 6.45) is 0.961.